The molecule has 0 saturated carbocycles. The maximum atomic E-state index is 14.2. The Morgan fingerprint density at radius 2 is 2.04 bits per heavy atom. The summed E-state index contributed by atoms with van der Waals surface area (Å²) in [6, 6.07) is 12.8. The van der Waals surface area contributed by atoms with Crippen LogP contribution in [0.3, 0.4) is 0 Å². The Morgan fingerprint density at radius 3 is 2.80 bits per heavy atom. The summed E-state index contributed by atoms with van der Waals surface area (Å²) in [6.45, 7) is 0.707. The minimum atomic E-state index is -0.326. The Bertz CT molecular complexity index is 910. The van der Waals surface area contributed by atoms with Gasteiger partial charge in [-0.15, -0.1) is 11.3 Å². The SMILES string of the molecule is COCc1c(C(=O)NCCc2ccccc2Br)sc2cccc(F)c12. The standard InChI is InChI=1S/C19H17BrFNO2S/c1-24-11-13-17-15(21)7-4-8-16(17)25-18(13)19(23)22-10-9-12-5-2-3-6-14(12)20/h2-8H,9-11H2,1H3,(H,22,23). The third-order valence-electron chi connectivity index (χ3n) is 3.90. The molecule has 1 heterocycles. The number of rotatable bonds is 6. The molecule has 0 spiro atoms. The van der Waals surface area contributed by atoms with Crippen LogP contribution >= 0.6 is 27.3 Å². The number of halogens is 2. The van der Waals surface area contributed by atoms with Crippen molar-refractivity contribution in [3.05, 3.63) is 68.8 Å². The number of hydrogen-bond donors (Lipinski definition) is 1. The Balaban J connectivity index is 1.79. The second-order valence-electron chi connectivity index (χ2n) is 5.55. The van der Waals surface area contributed by atoms with Crippen LogP contribution in [0.15, 0.2) is 46.9 Å². The molecule has 3 aromatic rings. The molecule has 130 valence electrons. The molecular weight excluding hydrogens is 405 g/mol. The summed E-state index contributed by atoms with van der Waals surface area (Å²) >= 11 is 4.80. The molecule has 0 atom stereocenters. The molecule has 1 amide bonds. The maximum absolute atomic E-state index is 14.2. The van der Waals surface area contributed by atoms with E-state index in [9.17, 15) is 9.18 Å². The highest BCUT2D eigenvalue weighted by atomic mass is 79.9. The molecule has 25 heavy (non-hydrogen) atoms. The molecule has 0 unspecified atom stereocenters. The number of carbonyl (C=O) groups is 1. The third kappa shape index (κ3) is 3.92. The van der Waals surface area contributed by atoms with Crippen molar-refractivity contribution >= 4 is 43.3 Å². The summed E-state index contributed by atoms with van der Waals surface area (Å²) in [7, 11) is 1.54. The molecule has 1 N–H and O–H groups in total. The molecule has 0 saturated heterocycles. The fourth-order valence-corrected chi connectivity index (χ4v) is 4.35. The van der Waals surface area contributed by atoms with E-state index in [2.05, 4.69) is 21.2 Å². The van der Waals surface area contributed by atoms with Crippen LogP contribution in [0.25, 0.3) is 10.1 Å². The Labute approximate surface area is 157 Å². The molecule has 2 aromatic carbocycles. The number of nitrogens with one attached hydrogen (secondary N) is 1. The molecule has 3 rings (SSSR count). The number of hydrogen-bond acceptors (Lipinski definition) is 3. The van der Waals surface area contributed by atoms with Crippen molar-refractivity contribution in [3.63, 3.8) is 0 Å². The van der Waals surface area contributed by atoms with Gasteiger partial charge in [-0.3, -0.25) is 4.79 Å². The van der Waals surface area contributed by atoms with Crippen LogP contribution in [0, 0.1) is 5.82 Å². The van der Waals surface area contributed by atoms with E-state index >= 15 is 0 Å². The second-order valence-corrected chi connectivity index (χ2v) is 7.46. The predicted molar refractivity (Wildman–Crippen MR) is 103 cm³/mol. The van der Waals surface area contributed by atoms with Crippen molar-refractivity contribution < 1.29 is 13.9 Å². The highest BCUT2D eigenvalue weighted by molar-refractivity contribution is 9.10. The highest BCUT2D eigenvalue weighted by Crippen LogP contribution is 2.33. The largest absolute Gasteiger partial charge is 0.380 e. The topological polar surface area (TPSA) is 38.3 Å². The van der Waals surface area contributed by atoms with E-state index in [0.717, 1.165) is 14.7 Å². The molecule has 3 nitrogen and oxygen atoms in total. The normalized spacial score (nSPS) is 11.0. The van der Waals surface area contributed by atoms with Crippen molar-refractivity contribution in [1.29, 1.82) is 0 Å². The van der Waals surface area contributed by atoms with Gasteiger partial charge >= 0.3 is 0 Å². The number of methoxy groups -OCH3 is 1. The lowest BCUT2D eigenvalue weighted by atomic mass is 10.1. The number of ether oxygens (including phenoxy) is 1. The van der Waals surface area contributed by atoms with Gasteiger partial charge in [-0.1, -0.05) is 40.2 Å². The Hall–Kier alpha value is -1.76. The molecular formula is C19H17BrFNO2S. The van der Waals surface area contributed by atoms with Crippen LogP contribution < -0.4 is 5.32 Å². The van der Waals surface area contributed by atoms with E-state index in [1.807, 2.05) is 30.3 Å². The van der Waals surface area contributed by atoms with E-state index in [-0.39, 0.29) is 18.3 Å². The van der Waals surface area contributed by atoms with E-state index in [4.69, 9.17) is 4.74 Å². The Morgan fingerprint density at radius 1 is 1.24 bits per heavy atom. The van der Waals surface area contributed by atoms with Gasteiger partial charge in [0.25, 0.3) is 5.91 Å². The van der Waals surface area contributed by atoms with E-state index in [1.165, 1.54) is 17.4 Å². The molecule has 1 aromatic heterocycles. The number of fused-ring (bicyclic) bond motifs is 1. The van der Waals surface area contributed by atoms with Crippen LogP contribution in [0.5, 0.6) is 0 Å². The van der Waals surface area contributed by atoms with Gasteiger partial charge in [0.05, 0.1) is 11.5 Å². The molecule has 0 aliphatic rings. The highest BCUT2D eigenvalue weighted by Gasteiger charge is 2.20. The van der Waals surface area contributed by atoms with Crippen molar-refractivity contribution in [2.24, 2.45) is 0 Å². The zero-order valence-electron chi connectivity index (χ0n) is 13.6. The lowest BCUT2D eigenvalue weighted by molar-refractivity contribution is 0.0954. The molecule has 6 heteroatoms. The van der Waals surface area contributed by atoms with Gasteiger partial charge in [0, 0.05) is 33.8 Å². The quantitative estimate of drug-likeness (QED) is 0.613. The number of thiophene rings is 1. The van der Waals surface area contributed by atoms with Crippen LogP contribution in [0.2, 0.25) is 0 Å². The van der Waals surface area contributed by atoms with Crippen LogP contribution in [0.4, 0.5) is 4.39 Å². The van der Waals surface area contributed by atoms with Gasteiger partial charge in [0.1, 0.15) is 5.82 Å². The number of carbonyl (C=O) groups excluding carboxylic acids is 1. The zero-order valence-corrected chi connectivity index (χ0v) is 16.0. The lowest BCUT2D eigenvalue weighted by Crippen LogP contribution is -2.25. The molecule has 0 fully saturated rings. The summed E-state index contributed by atoms with van der Waals surface area (Å²) < 4.78 is 21.1. The minimum Gasteiger partial charge on any atom is -0.380 e. The van der Waals surface area contributed by atoms with Crippen molar-refractivity contribution in [2.75, 3.05) is 13.7 Å². The average molecular weight is 422 g/mol. The van der Waals surface area contributed by atoms with Crippen molar-refractivity contribution in [2.45, 2.75) is 13.0 Å². The van der Waals surface area contributed by atoms with Crippen LogP contribution in [-0.4, -0.2) is 19.6 Å². The van der Waals surface area contributed by atoms with Gasteiger partial charge < -0.3 is 10.1 Å². The number of amides is 1. The summed E-state index contributed by atoms with van der Waals surface area (Å²) in [5, 5.41) is 3.40. The summed E-state index contributed by atoms with van der Waals surface area (Å²) in [4.78, 5) is 13.1. The second kappa shape index (κ2) is 8.08. The first kappa shape index (κ1) is 18.0. The zero-order chi connectivity index (χ0) is 17.8. The van der Waals surface area contributed by atoms with Crippen LogP contribution in [0.1, 0.15) is 20.8 Å². The van der Waals surface area contributed by atoms with Gasteiger partial charge in [-0.25, -0.2) is 4.39 Å². The van der Waals surface area contributed by atoms with Gasteiger partial charge in [0.2, 0.25) is 0 Å². The predicted octanol–water partition coefficient (Wildman–Crippen LogP) is 4.92. The summed E-state index contributed by atoms with van der Waals surface area (Å²) in [5.74, 6) is -0.521. The van der Waals surface area contributed by atoms with Gasteiger partial charge in [-0.05, 0) is 30.2 Å². The van der Waals surface area contributed by atoms with Gasteiger partial charge in [0.15, 0.2) is 0 Å². The van der Waals surface area contributed by atoms with E-state index in [1.54, 1.807) is 13.2 Å². The lowest BCUT2D eigenvalue weighted by Gasteiger charge is -2.07. The van der Waals surface area contributed by atoms with Crippen molar-refractivity contribution in [1.82, 2.24) is 5.32 Å². The third-order valence-corrected chi connectivity index (χ3v) is 5.87. The maximum Gasteiger partial charge on any atom is 0.261 e. The summed E-state index contributed by atoms with van der Waals surface area (Å²) in [6.07, 6.45) is 0.714. The fourth-order valence-electron chi connectivity index (χ4n) is 2.72. The monoisotopic (exact) mass is 421 g/mol. The first-order valence-electron chi connectivity index (χ1n) is 7.82. The van der Waals surface area contributed by atoms with E-state index in [0.29, 0.717) is 28.8 Å². The fraction of sp³-hybridized carbons (Fsp3) is 0.211. The molecule has 0 radical (unpaired) electrons. The first-order chi connectivity index (χ1) is 12.1. The summed E-state index contributed by atoms with van der Waals surface area (Å²) in [5.41, 5.74) is 1.74. The first-order valence-corrected chi connectivity index (χ1v) is 9.43. The molecule has 0 aliphatic carbocycles. The smallest absolute Gasteiger partial charge is 0.261 e. The average Bonchev–Trinajstić information content (AvgIpc) is 2.97. The molecule has 0 bridgehead atoms. The van der Waals surface area contributed by atoms with E-state index < -0.39 is 0 Å². The van der Waals surface area contributed by atoms with Crippen LogP contribution in [-0.2, 0) is 17.8 Å². The van der Waals surface area contributed by atoms with Gasteiger partial charge in [-0.2, -0.15) is 0 Å². The minimum absolute atomic E-state index is 0.195. The molecule has 0 aliphatic heterocycles. The van der Waals surface area contributed by atoms with Crippen molar-refractivity contribution in [3.8, 4) is 0 Å². The Kier molecular flexibility index (Phi) is 5.83. The number of benzene rings is 2.